The van der Waals surface area contributed by atoms with E-state index < -0.39 is 0 Å². The summed E-state index contributed by atoms with van der Waals surface area (Å²) >= 11 is 0. The van der Waals surface area contributed by atoms with E-state index >= 15 is 0 Å². The Morgan fingerprint density at radius 1 is 0.917 bits per heavy atom. The van der Waals surface area contributed by atoms with Gasteiger partial charge < -0.3 is 14.2 Å². The molecule has 24 heavy (non-hydrogen) atoms. The van der Waals surface area contributed by atoms with Crippen LogP contribution in [0.5, 0.6) is 5.75 Å². The van der Waals surface area contributed by atoms with Crippen LogP contribution in [0.25, 0.3) is 0 Å². The standard InChI is InChI=1S/C21H24O3/c1-4-20(24-16-18-8-6-5-7-9-18)14-17(2)23-15-19-10-12-21(22-3)13-11-19/h1,5-13,17,20H,14-16H2,2-3H3/t17-,20-/m1/s1. The van der Waals surface area contributed by atoms with E-state index in [0.29, 0.717) is 19.6 Å². The molecule has 0 N–H and O–H groups in total. The summed E-state index contributed by atoms with van der Waals surface area (Å²) in [7, 11) is 1.66. The molecule has 2 aromatic carbocycles. The Morgan fingerprint density at radius 3 is 2.17 bits per heavy atom. The third kappa shape index (κ3) is 6.08. The Morgan fingerprint density at radius 2 is 1.54 bits per heavy atom. The van der Waals surface area contributed by atoms with Gasteiger partial charge in [0.05, 0.1) is 26.4 Å². The number of ether oxygens (including phenoxy) is 3. The molecule has 3 nitrogen and oxygen atoms in total. The van der Waals surface area contributed by atoms with Crippen LogP contribution in [-0.2, 0) is 22.7 Å². The van der Waals surface area contributed by atoms with E-state index in [1.807, 2.05) is 61.5 Å². The van der Waals surface area contributed by atoms with Crippen molar-refractivity contribution in [3.63, 3.8) is 0 Å². The van der Waals surface area contributed by atoms with Crippen LogP contribution in [0.3, 0.4) is 0 Å². The fraction of sp³-hybridized carbons (Fsp3) is 0.333. The topological polar surface area (TPSA) is 27.7 Å². The van der Waals surface area contributed by atoms with Crippen molar-refractivity contribution in [3.8, 4) is 18.1 Å². The molecule has 0 saturated heterocycles. The van der Waals surface area contributed by atoms with Crippen molar-refractivity contribution in [2.45, 2.75) is 38.8 Å². The molecular weight excluding hydrogens is 300 g/mol. The van der Waals surface area contributed by atoms with Gasteiger partial charge in [0.1, 0.15) is 11.9 Å². The van der Waals surface area contributed by atoms with Gasteiger partial charge in [-0.05, 0) is 30.2 Å². The van der Waals surface area contributed by atoms with Crippen molar-refractivity contribution in [2.75, 3.05) is 7.11 Å². The van der Waals surface area contributed by atoms with Gasteiger partial charge in [-0.1, -0.05) is 48.4 Å². The summed E-state index contributed by atoms with van der Waals surface area (Å²) in [5, 5.41) is 0. The zero-order valence-electron chi connectivity index (χ0n) is 14.3. The van der Waals surface area contributed by atoms with E-state index in [2.05, 4.69) is 5.92 Å². The van der Waals surface area contributed by atoms with Crippen LogP contribution in [0.15, 0.2) is 54.6 Å². The summed E-state index contributed by atoms with van der Waals surface area (Å²) in [6.45, 7) is 3.07. The molecule has 2 aromatic rings. The van der Waals surface area contributed by atoms with Gasteiger partial charge in [-0.2, -0.15) is 0 Å². The van der Waals surface area contributed by atoms with Gasteiger partial charge in [-0.15, -0.1) is 6.42 Å². The number of methoxy groups -OCH3 is 1. The molecule has 0 aliphatic carbocycles. The van der Waals surface area contributed by atoms with Crippen molar-refractivity contribution in [3.05, 3.63) is 65.7 Å². The maximum Gasteiger partial charge on any atom is 0.120 e. The molecule has 3 heteroatoms. The average molecular weight is 324 g/mol. The van der Waals surface area contributed by atoms with E-state index in [9.17, 15) is 0 Å². The molecular formula is C21H24O3. The van der Waals surface area contributed by atoms with Crippen molar-refractivity contribution < 1.29 is 14.2 Å². The molecule has 0 spiro atoms. The van der Waals surface area contributed by atoms with E-state index in [0.717, 1.165) is 16.9 Å². The van der Waals surface area contributed by atoms with Crippen molar-refractivity contribution in [1.29, 1.82) is 0 Å². The van der Waals surface area contributed by atoms with Gasteiger partial charge in [0.15, 0.2) is 0 Å². The molecule has 2 rings (SSSR count). The second-order valence-corrected chi connectivity index (χ2v) is 5.66. The fourth-order valence-electron chi connectivity index (χ4n) is 2.29. The molecule has 126 valence electrons. The lowest BCUT2D eigenvalue weighted by atomic mass is 10.1. The average Bonchev–Trinajstić information content (AvgIpc) is 2.64. The minimum Gasteiger partial charge on any atom is -0.497 e. The minimum atomic E-state index is -0.254. The van der Waals surface area contributed by atoms with Crippen LogP contribution in [0, 0.1) is 12.3 Å². The number of benzene rings is 2. The minimum absolute atomic E-state index is 0.0175. The second kappa shape index (κ2) is 9.77. The molecule has 0 aliphatic heterocycles. The quantitative estimate of drug-likeness (QED) is 0.647. The van der Waals surface area contributed by atoms with Crippen LogP contribution < -0.4 is 4.74 Å². The summed E-state index contributed by atoms with van der Waals surface area (Å²) in [5.74, 6) is 3.54. The lowest BCUT2D eigenvalue weighted by molar-refractivity contribution is -0.00132. The summed E-state index contributed by atoms with van der Waals surface area (Å²) in [4.78, 5) is 0. The van der Waals surface area contributed by atoms with Gasteiger partial charge in [0, 0.05) is 6.42 Å². The third-order valence-electron chi connectivity index (χ3n) is 3.72. The maximum absolute atomic E-state index is 5.87. The lowest BCUT2D eigenvalue weighted by Gasteiger charge is -2.18. The highest BCUT2D eigenvalue weighted by atomic mass is 16.5. The summed E-state index contributed by atoms with van der Waals surface area (Å²) in [6.07, 6.45) is 6.01. The Kier molecular flexibility index (Phi) is 7.35. The monoisotopic (exact) mass is 324 g/mol. The highest BCUT2D eigenvalue weighted by Gasteiger charge is 2.12. The molecule has 0 heterocycles. The third-order valence-corrected chi connectivity index (χ3v) is 3.72. The normalized spacial score (nSPS) is 13.0. The summed E-state index contributed by atoms with van der Waals surface area (Å²) in [5.41, 5.74) is 2.22. The molecule has 0 amide bonds. The molecule has 0 bridgehead atoms. The summed E-state index contributed by atoms with van der Waals surface area (Å²) in [6, 6.07) is 17.9. The molecule has 0 aromatic heterocycles. The maximum atomic E-state index is 5.87. The Balaban J connectivity index is 1.74. The Bertz CT molecular complexity index is 628. The summed E-state index contributed by atoms with van der Waals surface area (Å²) < 4.78 is 16.8. The Labute approximate surface area is 144 Å². The van der Waals surface area contributed by atoms with Crippen LogP contribution in [0.1, 0.15) is 24.5 Å². The fourth-order valence-corrected chi connectivity index (χ4v) is 2.29. The molecule has 0 radical (unpaired) electrons. The molecule has 2 atom stereocenters. The van der Waals surface area contributed by atoms with Gasteiger partial charge in [0.25, 0.3) is 0 Å². The largest absolute Gasteiger partial charge is 0.497 e. The van der Waals surface area contributed by atoms with Crippen molar-refractivity contribution >= 4 is 0 Å². The lowest BCUT2D eigenvalue weighted by Crippen LogP contribution is -2.19. The Hall–Kier alpha value is -2.28. The smallest absolute Gasteiger partial charge is 0.120 e. The first-order valence-corrected chi connectivity index (χ1v) is 8.07. The van der Waals surface area contributed by atoms with E-state index in [1.165, 1.54) is 0 Å². The second-order valence-electron chi connectivity index (χ2n) is 5.66. The van der Waals surface area contributed by atoms with Gasteiger partial charge in [-0.25, -0.2) is 0 Å². The van der Waals surface area contributed by atoms with Crippen LogP contribution >= 0.6 is 0 Å². The number of terminal acetylenes is 1. The zero-order valence-corrected chi connectivity index (χ0v) is 14.3. The SMILES string of the molecule is C#C[C@H](C[C@@H](C)OCc1ccc(OC)cc1)OCc1ccccc1. The van der Waals surface area contributed by atoms with Crippen molar-refractivity contribution in [1.82, 2.24) is 0 Å². The number of rotatable bonds is 9. The van der Waals surface area contributed by atoms with Gasteiger partial charge in [-0.3, -0.25) is 0 Å². The van der Waals surface area contributed by atoms with E-state index in [1.54, 1.807) is 7.11 Å². The molecule has 0 saturated carbocycles. The predicted octanol–water partition coefficient (Wildman–Crippen LogP) is 4.21. The predicted molar refractivity (Wildman–Crippen MR) is 95.7 cm³/mol. The molecule has 0 unspecified atom stereocenters. The number of hydrogen-bond donors (Lipinski definition) is 0. The first-order valence-electron chi connectivity index (χ1n) is 8.07. The highest BCUT2D eigenvalue weighted by Crippen LogP contribution is 2.14. The first kappa shape index (κ1) is 18.1. The van der Waals surface area contributed by atoms with E-state index in [-0.39, 0.29) is 12.2 Å². The van der Waals surface area contributed by atoms with Crippen LogP contribution in [0.2, 0.25) is 0 Å². The molecule has 0 aliphatic rings. The molecule has 0 fully saturated rings. The van der Waals surface area contributed by atoms with Crippen molar-refractivity contribution in [2.24, 2.45) is 0 Å². The number of hydrogen-bond acceptors (Lipinski definition) is 3. The van der Waals surface area contributed by atoms with Crippen LogP contribution in [-0.4, -0.2) is 19.3 Å². The van der Waals surface area contributed by atoms with Crippen LogP contribution in [0.4, 0.5) is 0 Å². The highest BCUT2D eigenvalue weighted by molar-refractivity contribution is 5.26. The first-order chi connectivity index (χ1) is 11.7. The van der Waals surface area contributed by atoms with E-state index in [4.69, 9.17) is 20.6 Å². The van der Waals surface area contributed by atoms with Gasteiger partial charge >= 0.3 is 0 Å². The zero-order chi connectivity index (χ0) is 17.2. The van der Waals surface area contributed by atoms with Gasteiger partial charge in [0.2, 0.25) is 0 Å².